The number of nitrogens with zero attached hydrogens (tertiary/aromatic N) is 1. The van der Waals surface area contributed by atoms with Crippen molar-refractivity contribution < 1.29 is 4.42 Å². The van der Waals surface area contributed by atoms with E-state index in [2.05, 4.69) is 37.1 Å². The Kier molecular flexibility index (Phi) is 3.44. The van der Waals surface area contributed by atoms with Gasteiger partial charge in [-0.2, -0.15) is 0 Å². The van der Waals surface area contributed by atoms with Crippen molar-refractivity contribution in [1.29, 1.82) is 0 Å². The maximum Gasteiger partial charge on any atom is 0.120 e. The predicted molar refractivity (Wildman–Crippen MR) is 77.0 cm³/mol. The highest BCUT2D eigenvalue weighted by Gasteiger charge is 2.32. The van der Waals surface area contributed by atoms with Gasteiger partial charge < -0.3 is 9.73 Å². The zero-order valence-corrected chi connectivity index (χ0v) is 12.5. The van der Waals surface area contributed by atoms with Gasteiger partial charge in [0.05, 0.1) is 13.1 Å². The van der Waals surface area contributed by atoms with Crippen molar-refractivity contribution in [1.82, 2.24) is 10.2 Å². The molecule has 0 radical (unpaired) electrons. The summed E-state index contributed by atoms with van der Waals surface area (Å²) >= 11 is 0. The number of nitrogens with one attached hydrogen (secondary N) is 1. The van der Waals surface area contributed by atoms with Gasteiger partial charge in [0.25, 0.3) is 0 Å². The van der Waals surface area contributed by atoms with Crippen LogP contribution in [0.25, 0.3) is 0 Å². The Hall–Kier alpha value is -0.800. The molecule has 1 aliphatic carbocycles. The van der Waals surface area contributed by atoms with Crippen molar-refractivity contribution in [2.75, 3.05) is 6.54 Å². The van der Waals surface area contributed by atoms with Crippen molar-refractivity contribution in [3.8, 4) is 0 Å². The quantitative estimate of drug-likeness (QED) is 0.883. The average molecular weight is 262 g/mol. The lowest BCUT2D eigenvalue weighted by Crippen LogP contribution is -2.37. The highest BCUT2D eigenvalue weighted by molar-refractivity contribution is 5.20. The molecule has 1 saturated carbocycles. The van der Waals surface area contributed by atoms with Crippen molar-refractivity contribution in [2.45, 2.75) is 71.1 Å². The molecule has 3 heteroatoms. The van der Waals surface area contributed by atoms with Gasteiger partial charge in [-0.3, -0.25) is 4.90 Å². The van der Waals surface area contributed by atoms with E-state index in [0.29, 0.717) is 5.54 Å². The van der Waals surface area contributed by atoms with Crippen LogP contribution in [0.4, 0.5) is 0 Å². The van der Waals surface area contributed by atoms with Gasteiger partial charge in [-0.25, -0.2) is 0 Å². The Balaban J connectivity index is 1.62. The van der Waals surface area contributed by atoms with Crippen molar-refractivity contribution >= 4 is 0 Å². The number of hydrogen-bond acceptors (Lipinski definition) is 3. The van der Waals surface area contributed by atoms with E-state index in [9.17, 15) is 0 Å². The van der Waals surface area contributed by atoms with Gasteiger partial charge in [0.2, 0.25) is 0 Å². The second-order valence-corrected chi connectivity index (χ2v) is 6.81. The SMILES string of the molecule is Cc1cc(CN2CCCC2(C)C)oc1CNC1CC1. The summed E-state index contributed by atoms with van der Waals surface area (Å²) in [6, 6.07) is 2.96. The summed E-state index contributed by atoms with van der Waals surface area (Å²) in [6.07, 6.45) is 5.26. The standard InChI is InChI=1S/C16H26N2O/c1-12-9-14(11-18-8-4-7-16(18,2)3)19-15(12)10-17-13-5-6-13/h9,13,17H,4-8,10-11H2,1-3H3. The Morgan fingerprint density at radius 3 is 2.84 bits per heavy atom. The maximum atomic E-state index is 6.04. The summed E-state index contributed by atoms with van der Waals surface area (Å²) < 4.78 is 6.04. The number of aryl methyl sites for hydroxylation is 1. The van der Waals surface area contributed by atoms with E-state index in [4.69, 9.17) is 4.42 Å². The molecule has 3 nitrogen and oxygen atoms in total. The van der Waals surface area contributed by atoms with E-state index in [1.54, 1.807) is 0 Å². The van der Waals surface area contributed by atoms with Crippen LogP contribution >= 0.6 is 0 Å². The molecule has 1 aromatic heterocycles. The zero-order valence-electron chi connectivity index (χ0n) is 12.5. The molecule has 2 fully saturated rings. The number of furan rings is 1. The second-order valence-electron chi connectivity index (χ2n) is 6.81. The van der Waals surface area contributed by atoms with Crippen LogP contribution in [-0.4, -0.2) is 23.0 Å². The van der Waals surface area contributed by atoms with Crippen LogP contribution in [0, 0.1) is 6.92 Å². The van der Waals surface area contributed by atoms with Crippen LogP contribution in [0.2, 0.25) is 0 Å². The van der Waals surface area contributed by atoms with Crippen molar-refractivity contribution in [3.63, 3.8) is 0 Å². The third-order valence-electron chi connectivity index (χ3n) is 4.62. The molecule has 2 heterocycles. The molecule has 106 valence electrons. The van der Waals surface area contributed by atoms with E-state index >= 15 is 0 Å². The van der Waals surface area contributed by atoms with Crippen molar-refractivity contribution in [2.24, 2.45) is 0 Å². The minimum Gasteiger partial charge on any atom is -0.463 e. The molecule has 0 bridgehead atoms. The normalized spacial score (nSPS) is 23.1. The molecule has 0 atom stereocenters. The summed E-state index contributed by atoms with van der Waals surface area (Å²) in [5.74, 6) is 2.25. The van der Waals surface area contributed by atoms with Crippen LogP contribution in [-0.2, 0) is 13.1 Å². The first-order valence-corrected chi connectivity index (χ1v) is 7.61. The van der Waals surface area contributed by atoms with E-state index in [-0.39, 0.29) is 0 Å². The minimum absolute atomic E-state index is 0.327. The van der Waals surface area contributed by atoms with Gasteiger partial charge in [-0.1, -0.05) is 0 Å². The van der Waals surface area contributed by atoms with E-state index in [1.165, 1.54) is 37.8 Å². The molecule has 0 unspecified atom stereocenters. The third kappa shape index (κ3) is 3.03. The Bertz CT molecular complexity index is 446. The fourth-order valence-electron chi connectivity index (χ4n) is 3.01. The van der Waals surface area contributed by atoms with Gasteiger partial charge in [-0.15, -0.1) is 0 Å². The van der Waals surface area contributed by atoms with Gasteiger partial charge in [0.15, 0.2) is 0 Å². The Morgan fingerprint density at radius 1 is 1.42 bits per heavy atom. The Labute approximate surface area is 116 Å². The summed E-state index contributed by atoms with van der Waals surface area (Å²) in [5.41, 5.74) is 1.62. The molecular weight excluding hydrogens is 236 g/mol. The first kappa shape index (κ1) is 13.2. The van der Waals surface area contributed by atoms with Crippen LogP contribution in [0.1, 0.15) is 56.6 Å². The van der Waals surface area contributed by atoms with Gasteiger partial charge in [-0.05, 0) is 64.6 Å². The van der Waals surface area contributed by atoms with Crippen molar-refractivity contribution in [3.05, 3.63) is 23.2 Å². The lowest BCUT2D eigenvalue weighted by molar-refractivity contribution is 0.153. The number of likely N-dealkylation sites (tertiary alicyclic amines) is 1. The van der Waals surface area contributed by atoms with Crippen LogP contribution in [0.15, 0.2) is 10.5 Å². The predicted octanol–water partition coefficient (Wildman–Crippen LogP) is 3.21. The topological polar surface area (TPSA) is 28.4 Å². The summed E-state index contributed by atoms with van der Waals surface area (Å²) in [7, 11) is 0. The van der Waals surface area contributed by atoms with Gasteiger partial charge in [0, 0.05) is 11.6 Å². The highest BCUT2D eigenvalue weighted by Crippen LogP contribution is 2.30. The molecule has 0 spiro atoms. The third-order valence-corrected chi connectivity index (χ3v) is 4.62. The van der Waals surface area contributed by atoms with Crippen LogP contribution in [0.5, 0.6) is 0 Å². The monoisotopic (exact) mass is 262 g/mol. The molecule has 19 heavy (non-hydrogen) atoms. The smallest absolute Gasteiger partial charge is 0.120 e. The molecule has 1 N–H and O–H groups in total. The summed E-state index contributed by atoms with van der Waals surface area (Å²) in [4.78, 5) is 2.55. The van der Waals surface area contributed by atoms with Gasteiger partial charge >= 0.3 is 0 Å². The average Bonchev–Trinajstić information content (AvgIpc) is 3.02. The number of rotatable bonds is 5. The van der Waals surface area contributed by atoms with E-state index in [1.807, 2.05) is 0 Å². The molecular formula is C16H26N2O. The fourth-order valence-corrected chi connectivity index (χ4v) is 3.01. The minimum atomic E-state index is 0.327. The van der Waals surface area contributed by atoms with Crippen LogP contribution < -0.4 is 5.32 Å². The summed E-state index contributed by atoms with van der Waals surface area (Å²) in [5, 5.41) is 3.53. The lowest BCUT2D eigenvalue weighted by atomic mass is 10.0. The molecule has 1 saturated heterocycles. The highest BCUT2D eigenvalue weighted by atomic mass is 16.3. The maximum absolute atomic E-state index is 6.04. The van der Waals surface area contributed by atoms with E-state index < -0.39 is 0 Å². The van der Waals surface area contributed by atoms with Crippen LogP contribution in [0.3, 0.4) is 0 Å². The zero-order chi connectivity index (χ0) is 13.5. The lowest BCUT2D eigenvalue weighted by Gasteiger charge is -2.30. The molecule has 2 aliphatic rings. The molecule has 0 aromatic carbocycles. The molecule has 1 aromatic rings. The number of hydrogen-bond donors (Lipinski definition) is 1. The molecule has 1 aliphatic heterocycles. The van der Waals surface area contributed by atoms with E-state index in [0.717, 1.165) is 30.7 Å². The first-order chi connectivity index (χ1) is 9.04. The largest absolute Gasteiger partial charge is 0.463 e. The first-order valence-electron chi connectivity index (χ1n) is 7.61. The fraction of sp³-hybridized carbons (Fsp3) is 0.750. The Morgan fingerprint density at radius 2 is 2.21 bits per heavy atom. The summed E-state index contributed by atoms with van der Waals surface area (Å²) in [6.45, 7) is 9.88. The molecule has 3 rings (SSSR count). The second kappa shape index (κ2) is 4.95. The molecule has 0 amide bonds. The van der Waals surface area contributed by atoms with Gasteiger partial charge in [0.1, 0.15) is 11.5 Å².